The zero-order valence-electron chi connectivity index (χ0n) is 8.11. The fourth-order valence-electron chi connectivity index (χ4n) is 1.16. The molecule has 1 aromatic rings. The molecule has 0 amide bonds. The van der Waals surface area contributed by atoms with Crippen molar-refractivity contribution in [3.8, 4) is 0 Å². The highest BCUT2D eigenvalue weighted by Gasteiger charge is 1.98. The summed E-state index contributed by atoms with van der Waals surface area (Å²) in [7, 11) is 0. The van der Waals surface area contributed by atoms with Gasteiger partial charge in [-0.05, 0) is 24.1 Å². The number of nitrogens with one attached hydrogen (secondary N) is 1. The van der Waals surface area contributed by atoms with Gasteiger partial charge in [0.2, 0.25) is 0 Å². The largest absolute Gasteiger partial charge is 0.308 e. The first-order valence-electron chi connectivity index (χ1n) is 4.38. The van der Waals surface area contributed by atoms with Crippen molar-refractivity contribution in [1.29, 1.82) is 0 Å². The van der Waals surface area contributed by atoms with Crippen LogP contribution in [0.2, 0.25) is 0 Å². The fraction of sp³-hybridized carbons (Fsp3) is 0.273. The summed E-state index contributed by atoms with van der Waals surface area (Å²) >= 11 is 5.58. The molecule has 1 rings (SSSR count). The van der Waals surface area contributed by atoms with Crippen LogP contribution in [0.25, 0.3) is 0 Å². The Kier molecular flexibility index (Phi) is 4.11. The third kappa shape index (κ3) is 3.48. The molecular weight excluding hydrogens is 201 g/mol. The molecule has 0 saturated carbocycles. The molecule has 14 heavy (non-hydrogen) atoms. The number of aryl methyl sites for hydroxylation is 1. The van der Waals surface area contributed by atoms with Gasteiger partial charge in [0, 0.05) is 18.1 Å². The van der Waals surface area contributed by atoms with Crippen LogP contribution in [-0.4, -0.2) is 6.54 Å². The molecule has 1 nitrogen and oxygen atoms in total. The zero-order chi connectivity index (χ0) is 10.6. The van der Waals surface area contributed by atoms with E-state index in [2.05, 4.69) is 11.9 Å². The van der Waals surface area contributed by atoms with Crippen molar-refractivity contribution >= 4 is 11.6 Å². The molecule has 0 aliphatic heterocycles. The quantitative estimate of drug-likeness (QED) is 0.811. The maximum absolute atomic E-state index is 12.9. The second kappa shape index (κ2) is 5.13. The van der Waals surface area contributed by atoms with E-state index in [1.807, 2.05) is 6.07 Å². The summed E-state index contributed by atoms with van der Waals surface area (Å²) in [5.74, 6) is -0.171. The summed E-state index contributed by atoms with van der Waals surface area (Å²) in [6.07, 6.45) is 0. The fourth-order valence-corrected chi connectivity index (χ4v) is 1.25. The average Bonchev–Trinajstić information content (AvgIpc) is 2.10. The van der Waals surface area contributed by atoms with Gasteiger partial charge in [0.25, 0.3) is 0 Å². The molecule has 1 aromatic carbocycles. The Morgan fingerprint density at radius 1 is 1.57 bits per heavy atom. The summed E-state index contributed by atoms with van der Waals surface area (Å²) < 4.78 is 12.9. The third-order valence-electron chi connectivity index (χ3n) is 1.87. The maximum Gasteiger partial charge on any atom is 0.126 e. The lowest BCUT2D eigenvalue weighted by molar-refractivity contribution is 0.616. The van der Waals surface area contributed by atoms with Crippen molar-refractivity contribution in [2.24, 2.45) is 0 Å². The third-order valence-corrected chi connectivity index (χ3v) is 2.00. The Bertz CT molecular complexity index is 336. The van der Waals surface area contributed by atoms with Crippen LogP contribution in [0.4, 0.5) is 4.39 Å². The van der Waals surface area contributed by atoms with Crippen LogP contribution in [0.3, 0.4) is 0 Å². The second-order valence-corrected chi connectivity index (χ2v) is 3.74. The Labute approximate surface area is 88.6 Å². The van der Waals surface area contributed by atoms with Gasteiger partial charge in [-0.1, -0.05) is 30.3 Å². The molecule has 3 heteroatoms. The summed E-state index contributed by atoms with van der Waals surface area (Å²) in [5.41, 5.74) is 1.70. The van der Waals surface area contributed by atoms with Crippen molar-refractivity contribution in [2.75, 3.05) is 6.54 Å². The van der Waals surface area contributed by atoms with E-state index < -0.39 is 0 Å². The molecule has 0 atom stereocenters. The molecule has 0 bridgehead atoms. The van der Waals surface area contributed by atoms with E-state index in [-0.39, 0.29) is 5.82 Å². The van der Waals surface area contributed by atoms with Gasteiger partial charge in [0.1, 0.15) is 5.82 Å². The number of benzene rings is 1. The first kappa shape index (κ1) is 11.2. The highest BCUT2D eigenvalue weighted by atomic mass is 35.5. The SMILES string of the molecule is C=C(Cl)CNCc1ccc(F)c(C)c1. The van der Waals surface area contributed by atoms with E-state index in [0.29, 0.717) is 23.7 Å². The predicted molar refractivity (Wildman–Crippen MR) is 57.8 cm³/mol. The molecule has 0 aliphatic rings. The Morgan fingerprint density at radius 2 is 2.29 bits per heavy atom. The molecule has 0 saturated heterocycles. The van der Waals surface area contributed by atoms with E-state index >= 15 is 0 Å². The summed E-state index contributed by atoms with van der Waals surface area (Å²) in [6, 6.07) is 5.05. The van der Waals surface area contributed by atoms with Gasteiger partial charge < -0.3 is 5.32 Å². The Morgan fingerprint density at radius 3 is 2.86 bits per heavy atom. The van der Waals surface area contributed by atoms with Gasteiger partial charge >= 0.3 is 0 Å². The van der Waals surface area contributed by atoms with E-state index in [4.69, 9.17) is 11.6 Å². The van der Waals surface area contributed by atoms with Crippen LogP contribution in [0.5, 0.6) is 0 Å². The molecule has 0 aromatic heterocycles. The van der Waals surface area contributed by atoms with Crippen molar-refractivity contribution in [3.63, 3.8) is 0 Å². The van der Waals surface area contributed by atoms with Crippen LogP contribution in [0, 0.1) is 12.7 Å². The smallest absolute Gasteiger partial charge is 0.126 e. The minimum atomic E-state index is -0.171. The molecule has 0 fully saturated rings. The van der Waals surface area contributed by atoms with E-state index in [9.17, 15) is 4.39 Å². The molecule has 0 spiro atoms. The predicted octanol–water partition coefficient (Wildman–Crippen LogP) is 2.98. The van der Waals surface area contributed by atoms with Gasteiger partial charge in [0.05, 0.1) is 0 Å². The van der Waals surface area contributed by atoms with Crippen LogP contribution >= 0.6 is 11.6 Å². The van der Waals surface area contributed by atoms with Crippen molar-refractivity contribution in [1.82, 2.24) is 5.32 Å². The molecule has 76 valence electrons. The standard InChI is InChI=1S/C11H13ClFN/c1-8-5-10(3-4-11(8)13)7-14-6-9(2)12/h3-5,14H,2,6-7H2,1H3. The van der Waals surface area contributed by atoms with Crippen LogP contribution in [0.15, 0.2) is 29.8 Å². The lowest BCUT2D eigenvalue weighted by Crippen LogP contribution is -2.14. The minimum absolute atomic E-state index is 0.171. The first-order valence-corrected chi connectivity index (χ1v) is 4.76. The Balaban J connectivity index is 2.51. The maximum atomic E-state index is 12.9. The monoisotopic (exact) mass is 213 g/mol. The minimum Gasteiger partial charge on any atom is -0.308 e. The average molecular weight is 214 g/mol. The van der Waals surface area contributed by atoms with E-state index in [0.717, 1.165) is 5.56 Å². The van der Waals surface area contributed by atoms with E-state index in [1.54, 1.807) is 13.0 Å². The molecular formula is C11H13ClFN. The number of hydrogen-bond donors (Lipinski definition) is 1. The highest BCUT2D eigenvalue weighted by molar-refractivity contribution is 6.29. The van der Waals surface area contributed by atoms with Gasteiger partial charge in [0.15, 0.2) is 0 Å². The van der Waals surface area contributed by atoms with Gasteiger partial charge in [-0.2, -0.15) is 0 Å². The second-order valence-electron chi connectivity index (χ2n) is 3.20. The summed E-state index contributed by atoms with van der Waals surface area (Å²) in [6.45, 7) is 6.55. The molecule has 0 aliphatic carbocycles. The van der Waals surface area contributed by atoms with Crippen molar-refractivity contribution in [2.45, 2.75) is 13.5 Å². The first-order chi connectivity index (χ1) is 6.59. The number of halogens is 2. The number of hydrogen-bond acceptors (Lipinski definition) is 1. The summed E-state index contributed by atoms with van der Waals surface area (Å²) in [4.78, 5) is 0. The molecule has 1 N–H and O–H groups in total. The van der Waals surface area contributed by atoms with Crippen molar-refractivity contribution < 1.29 is 4.39 Å². The molecule has 0 radical (unpaired) electrons. The van der Waals surface area contributed by atoms with Crippen LogP contribution in [0.1, 0.15) is 11.1 Å². The lowest BCUT2D eigenvalue weighted by atomic mass is 10.1. The van der Waals surface area contributed by atoms with Crippen LogP contribution in [-0.2, 0) is 6.54 Å². The molecule has 0 unspecified atom stereocenters. The lowest BCUT2D eigenvalue weighted by Gasteiger charge is -2.05. The van der Waals surface area contributed by atoms with Gasteiger partial charge in [-0.15, -0.1) is 0 Å². The van der Waals surface area contributed by atoms with E-state index in [1.165, 1.54) is 6.07 Å². The summed E-state index contributed by atoms with van der Waals surface area (Å²) in [5, 5.41) is 3.67. The zero-order valence-corrected chi connectivity index (χ0v) is 8.87. The number of rotatable bonds is 4. The normalized spacial score (nSPS) is 10.2. The highest BCUT2D eigenvalue weighted by Crippen LogP contribution is 2.08. The topological polar surface area (TPSA) is 12.0 Å². The Hall–Kier alpha value is -0.860. The van der Waals surface area contributed by atoms with Gasteiger partial charge in [-0.3, -0.25) is 0 Å². The van der Waals surface area contributed by atoms with Crippen LogP contribution < -0.4 is 5.32 Å². The van der Waals surface area contributed by atoms with Gasteiger partial charge in [-0.25, -0.2) is 4.39 Å². The molecule has 0 heterocycles. The van der Waals surface area contributed by atoms with Crippen molar-refractivity contribution in [3.05, 3.63) is 46.8 Å².